The van der Waals surface area contributed by atoms with Crippen molar-refractivity contribution >= 4 is 28.6 Å². The van der Waals surface area contributed by atoms with Crippen LogP contribution in [0.4, 0.5) is 0 Å². The van der Waals surface area contributed by atoms with Gasteiger partial charge in [-0.15, -0.1) is 0 Å². The van der Waals surface area contributed by atoms with E-state index in [1.807, 2.05) is 22.8 Å². The van der Waals surface area contributed by atoms with E-state index in [4.69, 9.17) is 4.99 Å². The number of amides is 2. The quantitative estimate of drug-likeness (QED) is 0.568. The van der Waals surface area contributed by atoms with Crippen LogP contribution in [0.1, 0.15) is 36.9 Å². The third kappa shape index (κ3) is 3.54. The second-order valence-electron chi connectivity index (χ2n) is 10.7. The van der Waals surface area contributed by atoms with Crippen LogP contribution in [0, 0.1) is 18.8 Å². The Morgan fingerprint density at radius 1 is 0.971 bits per heavy atom. The standard InChI is InChI=1S/C29H28N4O2/c1-18-2-3-21-6-11-24(14-25(21)30-18)20-4-7-22(8-5-20)26-31-29(12-13-29)28(35)33(26)17-19-15-32(16-19)27(34)23-9-10-23/h2-8,11,14,19,23H,9-10,12-13,15-17H2,1H3. The van der Waals surface area contributed by atoms with Crippen molar-refractivity contribution in [3.8, 4) is 11.1 Å². The number of benzene rings is 2. The number of fused-ring (bicyclic) bond motifs is 1. The first kappa shape index (κ1) is 20.8. The Hall–Kier alpha value is -3.54. The van der Waals surface area contributed by atoms with Crippen LogP contribution in [-0.2, 0) is 9.59 Å². The van der Waals surface area contributed by atoms with Crippen molar-refractivity contribution in [3.05, 3.63) is 65.9 Å². The van der Waals surface area contributed by atoms with E-state index in [1.54, 1.807) is 0 Å². The molecule has 2 amide bonds. The lowest BCUT2D eigenvalue weighted by molar-refractivity contribution is -0.139. The molecule has 3 aromatic rings. The van der Waals surface area contributed by atoms with E-state index in [-0.39, 0.29) is 11.8 Å². The summed E-state index contributed by atoms with van der Waals surface area (Å²) in [6.45, 7) is 4.17. The molecule has 35 heavy (non-hydrogen) atoms. The van der Waals surface area contributed by atoms with Crippen LogP contribution in [-0.4, -0.2) is 57.6 Å². The molecule has 3 heterocycles. The average Bonchev–Trinajstić information content (AvgIpc) is 3.76. The van der Waals surface area contributed by atoms with E-state index in [9.17, 15) is 9.59 Å². The summed E-state index contributed by atoms with van der Waals surface area (Å²) in [7, 11) is 0. The highest BCUT2D eigenvalue weighted by molar-refractivity contribution is 6.16. The van der Waals surface area contributed by atoms with Gasteiger partial charge in [0.25, 0.3) is 5.91 Å². The second kappa shape index (κ2) is 7.48. The summed E-state index contributed by atoms with van der Waals surface area (Å²) >= 11 is 0. The van der Waals surface area contributed by atoms with Gasteiger partial charge >= 0.3 is 0 Å². The predicted octanol–water partition coefficient (Wildman–Crippen LogP) is 4.20. The summed E-state index contributed by atoms with van der Waals surface area (Å²) < 4.78 is 0. The summed E-state index contributed by atoms with van der Waals surface area (Å²) in [5.74, 6) is 1.82. The molecule has 176 valence electrons. The monoisotopic (exact) mass is 464 g/mol. The first-order valence-corrected chi connectivity index (χ1v) is 12.7. The van der Waals surface area contributed by atoms with Crippen LogP contribution in [0.15, 0.2) is 59.6 Å². The van der Waals surface area contributed by atoms with Crippen molar-refractivity contribution in [1.29, 1.82) is 0 Å². The Kier molecular flexibility index (Phi) is 4.44. The van der Waals surface area contributed by atoms with Crippen LogP contribution in [0.2, 0.25) is 0 Å². The van der Waals surface area contributed by atoms with Gasteiger partial charge in [0.15, 0.2) is 0 Å². The minimum atomic E-state index is -0.525. The molecule has 1 spiro atoms. The summed E-state index contributed by atoms with van der Waals surface area (Å²) in [5, 5.41) is 1.13. The van der Waals surface area contributed by atoms with Crippen molar-refractivity contribution in [2.24, 2.45) is 16.8 Å². The minimum absolute atomic E-state index is 0.138. The molecule has 0 radical (unpaired) electrons. The summed E-state index contributed by atoms with van der Waals surface area (Å²) in [4.78, 5) is 39.0. The fourth-order valence-electron chi connectivity index (χ4n) is 5.41. The number of nitrogens with zero attached hydrogens (tertiary/aromatic N) is 4. The second-order valence-corrected chi connectivity index (χ2v) is 10.7. The third-order valence-electron chi connectivity index (χ3n) is 7.89. The molecule has 6 heteroatoms. The van der Waals surface area contributed by atoms with Gasteiger partial charge in [-0.1, -0.05) is 42.5 Å². The zero-order chi connectivity index (χ0) is 23.7. The molecule has 2 aromatic carbocycles. The van der Waals surface area contributed by atoms with E-state index in [0.717, 1.165) is 77.9 Å². The van der Waals surface area contributed by atoms with E-state index >= 15 is 0 Å². The molecule has 4 aliphatic rings. The van der Waals surface area contributed by atoms with Crippen LogP contribution < -0.4 is 0 Å². The van der Waals surface area contributed by atoms with Crippen LogP contribution in [0.25, 0.3) is 22.0 Å². The Bertz CT molecular complexity index is 1400. The van der Waals surface area contributed by atoms with Gasteiger partial charge in [0.1, 0.15) is 11.4 Å². The Morgan fingerprint density at radius 3 is 2.37 bits per heavy atom. The molecule has 2 aliphatic carbocycles. The number of hydrogen-bond donors (Lipinski definition) is 0. The number of aromatic nitrogens is 1. The van der Waals surface area contributed by atoms with E-state index in [2.05, 4.69) is 53.5 Å². The number of carbonyl (C=O) groups is 2. The zero-order valence-electron chi connectivity index (χ0n) is 19.9. The lowest BCUT2D eigenvalue weighted by Crippen LogP contribution is -2.55. The SMILES string of the molecule is Cc1ccc2ccc(-c3ccc(C4=NC5(CC5)C(=O)N4CC4CN(C(=O)C5CC5)C4)cc3)cc2n1. The van der Waals surface area contributed by atoms with E-state index < -0.39 is 5.54 Å². The maximum atomic E-state index is 13.2. The van der Waals surface area contributed by atoms with Crippen LogP contribution >= 0.6 is 0 Å². The molecule has 3 fully saturated rings. The van der Waals surface area contributed by atoms with Gasteiger partial charge < -0.3 is 4.90 Å². The first-order valence-electron chi connectivity index (χ1n) is 12.7. The fourth-order valence-corrected chi connectivity index (χ4v) is 5.41. The molecule has 1 saturated heterocycles. The number of amidine groups is 1. The van der Waals surface area contributed by atoms with Gasteiger partial charge in [-0.25, -0.2) is 0 Å². The minimum Gasteiger partial charge on any atom is -0.342 e. The van der Waals surface area contributed by atoms with E-state index in [0.29, 0.717) is 18.4 Å². The van der Waals surface area contributed by atoms with Crippen molar-refractivity contribution < 1.29 is 9.59 Å². The molecular weight excluding hydrogens is 436 g/mol. The van der Waals surface area contributed by atoms with E-state index in [1.165, 1.54) is 0 Å². The molecule has 0 N–H and O–H groups in total. The topological polar surface area (TPSA) is 65.9 Å². The third-order valence-corrected chi connectivity index (χ3v) is 7.89. The van der Waals surface area contributed by atoms with Crippen LogP contribution in [0.3, 0.4) is 0 Å². The fraction of sp³-hybridized carbons (Fsp3) is 0.379. The van der Waals surface area contributed by atoms with Crippen LogP contribution in [0.5, 0.6) is 0 Å². The number of aliphatic imine (C=N–C) groups is 1. The number of aryl methyl sites for hydroxylation is 1. The van der Waals surface area contributed by atoms with Gasteiger partial charge in [-0.3, -0.25) is 24.5 Å². The first-order chi connectivity index (χ1) is 17.0. The molecule has 0 unspecified atom stereocenters. The molecule has 0 atom stereocenters. The summed E-state index contributed by atoms with van der Waals surface area (Å²) in [6.07, 6.45) is 3.75. The Labute approximate surface area is 204 Å². The highest BCUT2D eigenvalue weighted by Crippen LogP contribution is 2.46. The summed E-state index contributed by atoms with van der Waals surface area (Å²) in [6, 6.07) is 18.9. The maximum Gasteiger partial charge on any atom is 0.256 e. The lowest BCUT2D eigenvalue weighted by atomic mass is 9.97. The van der Waals surface area contributed by atoms with Gasteiger partial charge in [-0.05, 0) is 55.9 Å². The molecule has 2 aliphatic heterocycles. The predicted molar refractivity (Wildman–Crippen MR) is 135 cm³/mol. The molecule has 0 bridgehead atoms. The lowest BCUT2D eigenvalue weighted by Gasteiger charge is -2.41. The Morgan fingerprint density at radius 2 is 1.66 bits per heavy atom. The molecule has 6 nitrogen and oxygen atoms in total. The molecule has 7 rings (SSSR count). The zero-order valence-corrected chi connectivity index (χ0v) is 19.9. The van der Waals surface area contributed by atoms with Gasteiger partial charge in [0, 0.05) is 48.1 Å². The van der Waals surface area contributed by atoms with Crippen molar-refractivity contribution in [2.45, 2.75) is 38.1 Å². The number of rotatable bonds is 5. The number of likely N-dealkylation sites (tertiary alicyclic amines) is 1. The normalized spacial score (nSPS) is 20.9. The van der Waals surface area contributed by atoms with Gasteiger partial charge in [-0.2, -0.15) is 0 Å². The van der Waals surface area contributed by atoms with Gasteiger partial charge in [0.2, 0.25) is 5.91 Å². The average molecular weight is 465 g/mol. The maximum absolute atomic E-state index is 13.2. The van der Waals surface area contributed by atoms with Crippen molar-refractivity contribution in [1.82, 2.24) is 14.8 Å². The highest BCUT2D eigenvalue weighted by atomic mass is 16.2. The van der Waals surface area contributed by atoms with Crippen molar-refractivity contribution in [2.75, 3.05) is 19.6 Å². The van der Waals surface area contributed by atoms with Gasteiger partial charge in [0.05, 0.1) is 5.52 Å². The number of pyridine rings is 1. The largest absolute Gasteiger partial charge is 0.342 e. The van der Waals surface area contributed by atoms with Crippen molar-refractivity contribution in [3.63, 3.8) is 0 Å². The highest BCUT2D eigenvalue weighted by Gasteiger charge is 2.57. The molecular formula is C29H28N4O2. The molecule has 2 saturated carbocycles. The smallest absolute Gasteiger partial charge is 0.256 e. The Balaban J connectivity index is 1.11. The number of hydrogen-bond acceptors (Lipinski definition) is 4. The molecule has 1 aromatic heterocycles. The number of carbonyl (C=O) groups excluding carboxylic acids is 2. The summed E-state index contributed by atoms with van der Waals surface area (Å²) in [5.41, 5.74) is 4.69.